The van der Waals surface area contributed by atoms with Gasteiger partial charge in [-0.05, 0) is 42.0 Å². The molecule has 0 fully saturated rings. The molecule has 0 aliphatic heterocycles. The Morgan fingerprint density at radius 1 is 1.04 bits per heavy atom. The van der Waals surface area contributed by atoms with E-state index in [-0.39, 0.29) is 23.5 Å². The lowest BCUT2D eigenvalue weighted by molar-refractivity contribution is -0.114. The number of hydrogen-bond acceptors (Lipinski definition) is 5. The fourth-order valence-corrected chi connectivity index (χ4v) is 2.55. The number of nitrogens with one attached hydrogen (secondary N) is 3. The lowest BCUT2D eigenvalue weighted by atomic mass is 10.2. The zero-order valence-corrected chi connectivity index (χ0v) is 15.8. The first-order valence-corrected chi connectivity index (χ1v) is 8.88. The summed E-state index contributed by atoms with van der Waals surface area (Å²) in [5.41, 5.74) is 2.50. The van der Waals surface area contributed by atoms with Crippen LogP contribution in [0.3, 0.4) is 0 Å². The number of carbonyl (C=O) groups is 2. The summed E-state index contributed by atoms with van der Waals surface area (Å²) in [6.07, 6.45) is 1.50. The molecule has 8 heteroatoms. The summed E-state index contributed by atoms with van der Waals surface area (Å²) in [7, 11) is 0. The summed E-state index contributed by atoms with van der Waals surface area (Å²) in [5.74, 6) is -0.195. The molecular weight excluding hydrogens is 378 g/mol. The van der Waals surface area contributed by atoms with Gasteiger partial charge in [0.05, 0.1) is 0 Å². The molecule has 0 unspecified atom stereocenters. The monoisotopic (exact) mass is 395 g/mol. The van der Waals surface area contributed by atoms with Crippen LogP contribution in [0.25, 0.3) is 0 Å². The predicted octanol–water partition coefficient (Wildman–Crippen LogP) is 3.76. The van der Waals surface area contributed by atoms with Crippen molar-refractivity contribution in [2.45, 2.75) is 13.5 Å². The van der Waals surface area contributed by atoms with Crippen LogP contribution >= 0.6 is 11.6 Å². The van der Waals surface area contributed by atoms with E-state index < -0.39 is 0 Å². The van der Waals surface area contributed by atoms with E-state index in [1.54, 1.807) is 30.3 Å². The van der Waals surface area contributed by atoms with Crippen LogP contribution in [-0.4, -0.2) is 21.8 Å². The normalized spacial score (nSPS) is 10.2. The van der Waals surface area contributed by atoms with Crippen LogP contribution in [0.1, 0.15) is 23.0 Å². The maximum Gasteiger partial charge on any atom is 0.270 e. The number of amides is 2. The number of aromatic nitrogens is 2. The molecule has 0 aliphatic carbocycles. The summed E-state index contributed by atoms with van der Waals surface area (Å²) >= 11 is 5.86. The van der Waals surface area contributed by atoms with Crippen molar-refractivity contribution in [1.29, 1.82) is 0 Å². The van der Waals surface area contributed by atoms with Gasteiger partial charge >= 0.3 is 0 Å². The molecule has 0 radical (unpaired) electrons. The molecule has 7 nitrogen and oxygen atoms in total. The van der Waals surface area contributed by atoms with Crippen LogP contribution in [0.15, 0.2) is 60.8 Å². The average Bonchev–Trinajstić information content (AvgIpc) is 2.67. The van der Waals surface area contributed by atoms with Gasteiger partial charge in [-0.2, -0.15) is 0 Å². The molecule has 3 N–H and O–H groups in total. The van der Waals surface area contributed by atoms with Gasteiger partial charge in [-0.1, -0.05) is 29.8 Å². The summed E-state index contributed by atoms with van der Waals surface area (Å²) < 4.78 is 0. The molecule has 3 rings (SSSR count). The molecule has 0 spiro atoms. The van der Waals surface area contributed by atoms with Crippen molar-refractivity contribution < 1.29 is 9.59 Å². The first kappa shape index (κ1) is 19.3. The number of benzene rings is 2. The number of nitrogens with zero attached hydrogens (tertiary/aromatic N) is 2. The molecule has 0 aliphatic rings. The largest absolute Gasteiger partial charge is 0.347 e. The van der Waals surface area contributed by atoms with E-state index in [4.69, 9.17) is 11.6 Å². The minimum absolute atomic E-state index is 0.159. The number of hydrogen-bond donors (Lipinski definition) is 3. The van der Waals surface area contributed by atoms with Crippen molar-refractivity contribution in [3.8, 4) is 0 Å². The highest BCUT2D eigenvalue weighted by molar-refractivity contribution is 6.30. The lowest BCUT2D eigenvalue weighted by Gasteiger charge is -2.09. The number of anilines is 3. The van der Waals surface area contributed by atoms with Gasteiger partial charge in [-0.15, -0.1) is 0 Å². The molecular formula is C20H18ClN5O2. The minimum Gasteiger partial charge on any atom is -0.347 e. The predicted molar refractivity (Wildman–Crippen MR) is 109 cm³/mol. The maximum absolute atomic E-state index is 12.4. The summed E-state index contributed by atoms with van der Waals surface area (Å²) in [6, 6.07) is 15.9. The average molecular weight is 396 g/mol. The Morgan fingerprint density at radius 2 is 1.79 bits per heavy atom. The van der Waals surface area contributed by atoms with Crippen molar-refractivity contribution in [1.82, 2.24) is 15.3 Å². The third-order valence-corrected chi connectivity index (χ3v) is 3.95. The van der Waals surface area contributed by atoms with Gasteiger partial charge in [0.25, 0.3) is 5.91 Å². The molecule has 0 atom stereocenters. The standard InChI is InChI=1S/C20H18ClN5O2/c1-13(27)24-16-3-2-4-17(11-16)25-20-22-10-9-18(26-20)19(28)23-12-14-5-7-15(21)8-6-14/h2-11H,12H2,1H3,(H,23,28)(H,24,27)(H,22,25,26). The molecule has 3 aromatic rings. The second-order valence-electron chi connectivity index (χ2n) is 5.96. The van der Waals surface area contributed by atoms with Crippen LogP contribution in [0.2, 0.25) is 5.02 Å². The van der Waals surface area contributed by atoms with Gasteiger partial charge in [0.2, 0.25) is 11.9 Å². The smallest absolute Gasteiger partial charge is 0.270 e. The molecule has 2 aromatic carbocycles. The van der Waals surface area contributed by atoms with Crippen molar-refractivity contribution in [2.75, 3.05) is 10.6 Å². The molecule has 1 aromatic heterocycles. The maximum atomic E-state index is 12.4. The third-order valence-electron chi connectivity index (χ3n) is 3.69. The van der Waals surface area contributed by atoms with Crippen molar-refractivity contribution in [3.63, 3.8) is 0 Å². The molecule has 0 bridgehead atoms. The molecule has 142 valence electrons. The first-order chi connectivity index (χ1) is 13.5. The van der Waals surface area contributed by atoms with E-state index >= 15 is 0 Å². The summed E-state index contributed by atoms with van der Waals surface area (Å²) in [4.78, 5) is 31.9. The van der Waals surface area contributed by atoms with Gasteiger partial charge in [0, 0.05) is 36.1 Å². The van der Waals surface area contributed by atoms with Crippen LogP contribution in [0.4, 0.5) is 17.3 Å². The van der Waals surface area contributed by atoms with Gasteiger partial charge in [-0.25, -0.2) is 9.97 Å². The Hall–Kier alpha value is -3.45. The molecule has 0 saturated heterocycles. The van der Waals surface area contributed by atoms with E-state index in [1.807, 2.05) is 18.2 Å². The Labute approximate surface area is 167 Å². The van der Waals surface area contributed by atoms with E-state index in [0.29, 0.717) is 22.9 Å². The highest BCUT2D eigenvalue weighted by Gasteiger charge is 2.09. The second kappa shape index (κ2) is 8.96. The fraction of sp³-hybridized carbons (Fsp3) is 0.100. The summed E-state index contributed by atoms with van der Waals surface area (Å²) in [6.45, 7) is 1.80. The number of rotatable bonds is 6. The zero-order chi connectivity index (χ0) is 19.9. The lowest BCUT2D eigenvalue weighted by Crippen LogP contribution is -2.24. The fourth-order valence-electron chi connectivity index (χ4n) is 2.43. The van der Waals surface area contributed by atoms with Crippen LogP contribution in [0.5, 0.6) is 0 Å². The van der Waals surface area contributed by atoms with Gasteiger partial charge in [0.1, 0.15) is 5.69 Å². The van der Waals surface area contributed by atoms with Gasteiger partial charge in [-0.3, -0.25) is 9.59 Å². The quantitative estimate of drug-likeness (QED) is 0.590. The van der Waals surface area contributed by atoms with Crippen LogP contribution < -0.4 is 16.0 Å². The van der Waals surface area contributed by atoms with Crippen LogP contribution in [0, 0.1) is 0 Å². The minimum atomic E-state index is -0.313. The Morgan fingerprint density at radius 3 is 2.54 bits per heavy atom. The SMILES string of the molecule is CC(=O)Nc1cccc(Nc2nccc(C(=O)NCc3ccc(Cl)cc3)n2)c1. The van der Waals surface area contributed by atoms with Gasteiger partial charge < -0.3 is 16.0 Å². The second-order valence-corrected chi connectivity index (χ2v) is 6.40. The van der Waals surface area contributed by atoms with E-state index in [1.165, 1.54) is 19.2 Å². The first-order valence-electron chi connectivity index (χ1n) is 8.50. The Bertz CT molecular complexity index is 992. The van der Waals surface area contributed by atoms with Crippen LogP contribution in [-0.2, 0) is 11.3 Å². The molecule has 0 saturated carbocycles. The summed E-state index contributed by atoms with van der Waals surface area (Å²) in [5, 5.41) is 9.18. The number of carbonyl (C=O) groups excluding carboxylic acids is 2. The Kier molecular flexibility index (Phi) is 6.18. The van der Waals surface area contributed by atoms with E-state index in [9.17, 15) is 9.59 Å². The zero-order valence-electron chi connectivity index (χ0n) is 15.1. The third kappa shape index (κ3) is 5.52. The van der Waals surface area contributed by atoms with Gasteiger partial charge in [0.15, 0.2) is 0 Å². The highest BCUT2D eigenvalue weighted by atomic mass is 35.5. The van der Waals surface area contributed by atoms with Crippen molar-refractivity contribution >= 4 is 40.7 Å². The molecule has 1 heterocycles. The Balaban J connectivity index is 1.65. The van der Waals surface area contributed by atoms with E-state index in [2.05, 4.69) is 25.9 Å². The molecule has 28 heavy (non-hydrogen) atoms. The molecule has 2 amide bonds. The van der Waals surface area contributed by atoms with Crippen molar-refractivity contribution in [3.05, 3.63) is 77.1 Å². The topological polar surface area (TPSA) is 96.0 Å². The van der Waals surface area contributed by atoms with Crippen molar-refractivity contribution in [2.24, 2.45) is 0 Å². The highest BCUT2D eigenvalue weighted by Crippen LogP contribution is 2.18. The number of halogens is 1. The van der Waals surface area contributed by atoms with E-state index in [0.717, 1.165) is 5.56 Å².